The van der Waals surface area contributed by atoms with E-state index in [2.05, 4.69) is 17.5 Å². The molecule has 0 aliphatic carbocycles. The Kier molecular flexibility index (Phi) is 19.4. The van der Waals surface area contributed by atoms with Crippen LogP contribution in [0, 0.1) is 0 Å². The van der Waals surface area contributed by atoms with Gasteiger partial charge in [0.25, 0.3) is 0 Å². The minimum atomic E-state index is -0.169. The summed E-state index contributed by atoms with van der Waals surface area (Å²) < 4.78 is 0. The lowest BCUT2D eigenvalue weighted by Gasteiger charge is -2.03. The Morgan fingerprint density at radius 3 is 1.75 bits per heavy atom. The van der Waals surface area contributed by atoms with Gasteiger partial charge in [-0.2, -0.15) is 0 Å². The molecule has 0 aromatic rings. The molecule has 0 unspecified atom stereocenters. The molecule has 142 valence electrons. The molecule has 4 heteroatoms. The molecule has 0 aromatic carbocycles. The third-order valence-electron chi connectivity index (χ3n) is 4.26. The Morgan fingerprint density at radius 1 is 0.708 bits per heavy atom. The van der Waals surface area contributed by atoms with Crippen LogP contribution in [0.2, 0.25) is 0 Å². The molecular weight excluding hydrogens is 298 g/mol. The van der Waals surface area contributed by atoms with Gasteiger partial charge in [-0.25, -0.2) is 0 Å². The second-order valence-corrected chi connectivity index (χ2v) is 6.69. The summed E-state index contributed by atoms with van der Waals surface area (Å²) in [6.45, 7) is 2.80. The predicted octanol–water partition coefficient (Wildman–Crippen LogP) is 4.04. The highest BCUT2D eigenvalue weighted by Gasteiger charge is 1.94. The second kappa shape index (κ2) is 20.2. The van der Waals surface area contributed by atoms with Gasteiger partial charge < -0.3 is 16.8 Å². The highest BCUT2D eigenvalue weighted by atomic mass is 16.1. The number of primary amides is 1. The molecule has 24 heavy (non-hydrogen) atoms. The van der Waals surface area contributed by atoms with Crippen molar-refractivity contribution in [3.63, 3.8) is 0 Å². The Bertz CT molecular complexity index is 293. The number of rotatable bonds is 19. The van der Waals surface area contributed by atoms with E-state index in [4.69, 9.17) is 11.5 Å². The summed E-state index contributed by atoms with van der Waals surface area (Å²) >= 11 is 0. The summed E-state index contributed by atoms with van der Waals surface area (Å²) in [7, 11) is 0. The van der Waals surface area contributed by atoms with E-state index in [1.165, 1.54) is 70.6 Å². The van der Waals surface area contributed by atoms with E-state index >= 15 is 0 Å². The first-order valence-electron chi connectivity index (χ1n) is 10.1. The van der Waals surface area contributed by atoms with Crippen LogP contribution in [0.4, 0.5) is 0 Å². The van der Waals surface area contributed by atoms with Crippen LogP contribution in [0.25, 0.3) is 0 Å². The number of unbranched alkanes of at least 4 members (excludes halogenated alkanes) is 11. The first kappa shape index (κ1) is 23.1. The van der Waals surface area contributed by atoms with Gasteiger partial charge in [0, 0.05) is 19.5 Å². The number of carbonyl (C=O) groups excluding carboxylic acids is 1. The van der Waals surface area contributed by atoms with Crippen LogP contribution in [-0.2, 0) is 4.79 Å². The molecule has 5 N–H and O–H groups in total. The van der Waals surface area contributed by atoms with E-state index in [9.17, 15) is 4.79 Å². The van der Waals surface area contributed by atoms with E-state index < -0.39 is 0 Å². The number of hydrogen-bond acceptors (Lipinski definition) is 3. The molecule has 1 amide bonds. The van der Waals surface area contributed by atoms with Crippen molar-refractivity contribution in [1.82, 2.24) is 5.32 Å². The van der Waals surface area contributed by atoms with E-state index in [1.54, 1.807) is 0 Å². The Hall–Kier alpha value is -0.870. The van der Waals surface area contributed by atoms with Crippen LogP contribution < -0.4 is 16.8 Å². The van der Waals surface area contributed by atoms with Crippen molar-refractivity contribution in [3.8, 4) is 0 Å². The predicted molar refractivity (Wildman–Crippen MR) is 105 cm³/mol. The van der Waals surface area contributed by atoms with Crippen LogP contribution in [-0.4, -0.2) is 25.5 Å². The fraction of sp³-hybridized carbons (Fsp3) is 0.850. The number of hydrogen-bond donors (Lipinski definition) is 3. The SMILES string of the molecule is NCCNCCCCCCCC/C=C\CCCCCCCC(N)=O. The number of amides is 1. The van der Waals surface area contributed by atoms with Gasteiger partial charge >= 0.3 is 0 Å². The Balaban J connectivity index is 3.07. The van der Waals surface area contributed by atoms with Crippen LogP contribution in [0.3, 0.4) is 0 Å². The lowest BCUT2D eigenvalue weighted by atomic mass is 10.1. The molecule has 0 aliphatic heterocycles. The summed E-state index contributed by atoms with van der Waals surface area (Å²) in [5, 5.41) is 3.34. The molecule has 0 rings (SSSR count). The summed E-state index contributed by atoms with van der Waals surface area (Å²) in [4.78, 5) is 10.6. The molecule has 0 spiro atoms. The third-order valence-corrected chi connectivity index (χ3v) is 4.26. The van der Waals surface area contributed by atoms with Crippen molar-refractivity contribution >= 4 is 5.91 Å². The molecule has 0 saturated heterocycles. The number of nitrogens with one attached hydrogen (secondary N) is 1. The molecule has 0 radical (unpaired) electrons. The first-order valence-corrected chi connectivity index (χ1v) is 10.1. The van der Waals surface area contributed by atoms with Crippen LogP contribution in [0.1, 0.15) is 89.9 Å². The van der Waals surface area contributed by atoms with Gasteiger partial charge in [-0.3, -0.25) is 4.79 Å². The third kappa shape index (κ3) is 21.1. The molecule has 0 bridgehead atoms. The topological polar surface area (TPSA) is 81.1 Å². The zero-order valence-corrected chi connectivity index (χ0v) is 15.7. The summed E-state index contributed by atoms with van der Waals surface area (Å²) in [5.74, 6) is -0.169. The summed E-state index contributed by atoms with van der Waals surface area (Å²) in [6.07, 6.45) is 21.6. The van der Waals surface area contributed by atoms with E-state index in [0.29, 0.717) is 6.42 Å². The molecule has 0 saturated carbocycles. The highest BCUT2D eigenvalue weighted by Crippen LogP contribution is 2.09. The maximum Gasteiger partial charge on any atom is 0.217 e. The molecule has 0 atom stereocenters. The van der Waals surface area contributed by atoms with E-state index in [-0.39, 0.29) is 5.91 Å². The van der Waals surface area contributed by atoms with Crippen LogP contribution in [0.15, 0.2) is 12.2 Å². The maximum atomic E-state index is 10.6. The second-order valence-electron chi connectivity index (χ2n) is 6.69. The Morgan fingerprint density at radius 2 is 1.21 bits per heavy atom. The van der Waals surface area contributed by atoms with Crippen molar-refractivity contribution < 1.29 is 4.79 Å². The van der Waals surface area contributed by atoms with Gasteiger partial charge in [-0.15, -0.1) is 0 Å². The molecule has 4 nitrogen and oxygen atoms in total. The van der Waals surface area contributed by atoms with Crippen molar-refractivity contribution in [1.29, 1.82) is 0 Å². The van der Waals surface area contributed by atoms with Gasteiger partial charge in [0.05, 0.1) is 0 Å². The highest BCUT2D eigenvalue weighted by molar-refractivity contribution is 5.73. The van der Waals surface area contributed by atoms with Gasteiger partial charge in [0.15, 0.2) is 0 Å². The Labute approximate surface area is 149 Å². The van der Waals surface area contributed by atoms with E-state index in [0.717, 1.165) is 32.5 Å². The molecule has 0 aliphatic rings. The number of carbonyl (C=O) groups is 1. The minimum Gasteiger partial charge on any atom is -0.370 e. The average Bonchev–Trinajstić information content (AvgIpc) is 2.56. The average molecular weight is 340 g/mol. The fourth-order valence-corrected chi connectivity index (χ4v) is 2.77. The van der Waals surface area contributed by atoms with E-state index in [1.807, 2.05) is 0 Å². The smallest absolute Gasteiger partial charge is 0.217 e. The summed E-state index contributed by atoms with van der Waals surface area (Å²) in [5.41, 5.74) is 10.5. The number of nitrogens with two attached hydrogens (primary N) is 2. The number of allylic oxidation sites excluding steroid dienone is 2. The molecule has 0 aromatic heterocycles. The van der Waals surface area contributed by atoms with Gasteiger partial charge in [0.1, 0.15) is 0 Å². The van der Waals surface area contributed by atoms with Crippen LogP contribution >= 0.6 is 0 Å². The molecule has 0 heterocycles. The van der Waals surface area contributed by atoms with Crippen LogP contribution in [0.5, 0.6) is 0 Å². The van der Waals surface area contributed by atoms with Crippen molar-refractivity contribution in [2.45, 2.75) is 89.9 Å². The monoisotopic (exact) mass is 339 g/mol. The van der Waals surface area contributed by atoms with Gasteiger partial charge in [-0.1, -0.05) is 57.1 Å². The maximum absolute atomic E-state index is 10.6. The van der Waals surface area contributed by atoms with Crippen molar-refractivity contribution in [2.24, 2.45) is 11.5 Å². The lowest BCUT2D eigenvalue weighted by Crippen LogP contribution is -2.23. The van der Waals surface area contributed by atoms with Gasteiger partial charge in [0.2, 0.25) is 5.91 Å². The minimum absolute atomic E-state index is 0.169. The normalized spacial score (nSPS) is 11.4. The lowest BCUT2D eigenvalue weighted by molar-refractivity contribution is -0.118. The quantitative estimate of drug-likeness (QED) is 0.245. The van der Waals surface area contributed by atoms with Gasteiger partial charge in [-0.05, 0) is 45.1 Å². The fourth-order valence-electron chi connectivity index (χ4n) is 2.77. The van der Waals surface area contributed by atoms with Crippen molar-refractivity contribution in [3.05, 3.63) is 12.2 Å². The zero-order valence-electron chi connectivity index (χ0n) is 15.7. The summed E-state index contributed by atoms with van der Waals surface area (Å²) in [6, 6.07) is 0. The zero-order chi connectivity index (χ0) is 17.7. The largest absolute Gasteiger partial charge is 0.370 e. The van der Waals surface area contributed by atoms with Crippen molar-refractivity contribution in [2.75, 3.05) is 19.6 Å². The first-order chi connectivity index (χ1) is 11.8. The molecular formula is C20H41N3O. The molecule has 0 fully saturated rings. The standard InChI is InChI=1S/C20H41N3O/c21-17-19-23-18-15-13-11-9-7-5-3-1-2-4-6-8-10-12-14-16-20(22)24/h1-2,23H,3-19,21H2,(H2,22,24)/b2-1-.